The molecule has 1 amide bonds. The number of benzene rings is 2. The molecule has 4 nitrogen and oxygen atoms in total. The first kappa shape index (κ1) is 19.0. The normalized spacial score (nSPS) is 12.3. The minimum atomic E-state index is -0.0728. The summed E-state index contributed by atoms with van der Waals surface area (Å²) in [5, 5.41) is 4.21. The molecule has 27 heavy (non-hydrogen) atoms. The van der Waals surface area contributed by atoms with Crippen molar-refractivity contribution in [2.45, 2.75) is 32.6 Å². The predicted octanol–water partition coefficient (Wildman–Crippen LogP) is 4.86. The molecule has 2 N–H and O–H groups in total. The molecule has 1 atom stereocenters. The molecule has 0 saturated heterocycles. The maximum absolute atomic E-state index is 12.7. The van der Waals surface area contributed by atoms with Gasteiger partial charge in [0.2, 0.25) is 5.91 Å². The molecule has 0 spiro atoms. The van der Waals surface area contributed by atoms with Gasteiger partial charge >= 0.3 is 0 Å². The van der Waals surface area contributed by atoms with Gasteiger partial charge in [0.05, 0.1) is 7.11 Å². The number of hydrogen-bond acceptors (Lipinski definition) is 2. The highest BCUT2D eigenvalue weighted by molar-refractivity contribution is 5.86. The van der Waals surface area contributed by atoms with Gasteiger partial charge in [-0.3, -0.25) is 4.79 Å². The van der Waals surface area contributed by atoms with E-state index in [1.54, 1.807) is 7.11 Å². The highest BCUT2D eigenvalue weighted by Gasteiger charge is 2.24. The summed E-state index contributed by atoms with van der Waals surface area (Å²) in [6.07, 6.45) is 3.39. The van der Waals surface area contributed by atoms with Gasteiger partial charge in [-0.2, -0.15) is 0 Å². The molecule has 3 aromatic rings. The van der Waals surface area contributed by atoms with Crippen molar-refractivity contribution in [1.82, 2.24) is 10.3 Å². The average Bonchev–Trinajstić information content (AvgIpc) is 3.10. The second-order valence-corrected chi connectivity index (χ2v) is 7.32. The summed E-state index contributed by atoms with van der Waals surface area (Å²) < 4.78 is 5.59. The van der Waals surface area contributed by atoms with E-state index in [1.807, 2.05) is 42.6 Å². The van der Waals surface area contributed by atoms with E-state index in [1.165, 1.54) is 0 Å². The molecule has 1 aromatic heterocycles. The van der Waals surface area contributed by atoms with Gasteiger partial charge in [-0.05, 0) is 30.0 Å². The Hall–Kier alpha value is -2.75. The highest BCUT2D eigenvalue weighted by atomic mass is 16.5. The number of aromatic nitrogens is 1. The molecule has 4 heteroatoms. The van der Waals surface area contributed by atoms with Gasteiger partial charge in [0.25, 0.3) is 0 Å². The first-order chi connectivity index (χ1) is 13.1. The number of rotatable bonds is 8. The van der Waals surface area contributed by atoms with E-state index in [4.69, 9.17) is 4.74 Å². The minimum Gasteiger partial charge on any atom is -0.496 e. The largest absolute Gasteiger partial charge is 0.496 e. The van der Waals surface area contributed by atoms with Crippen LogP contribution in [0.3, 0.4) is 0 Å². The van der Waals surface area contributed by atoms with Crippen LogP contribution >= 0.6 is 0 Å². The van der Waals surface area contributed by atoms with Gasteiger partial charge in [0.1, 0.15) is 5.75 Å². The van der Waals surface area contributed by atoms with E-state index in [0.717, 1.165) is 34.2 Å². The topological polar surface area (TPSA) is 54.1 Å². The van der Waals surface area contributed by atoms with Crippen molar-refractivity contribution in [1.29, 1.82) is 0 Å². The van der Waals surface area contributed by atoms with Crippen molar-refractivity contribution in [2.24, 2.45) is 5.92 Å². The number of carbonyl (C=O) groups excluding carboxylic acids is 1. The molecule has 3 rings (SSSR count). The Kier molecular flexibility index (Phi) is 6.17. The number of fused-ring (bicyclic) bond motifs is 1. The molecule has 0 bridgehead atoms. The second kappa shape index (κ2) is 8.76. The molecule has 0 aliphatic heterocycles. The maximum atomic E-state index is 12.7. The van der Waals surface area contributed by atoms with Crippen LogP contribution in [-0.2, 0) is 4.79 Å². The number of amides is 1. The van der Waals surface area contributed by atoms with Crippen LogP contribution in [0.2, 0.25) is 0 Å². The fourth-order valence-electron chi connectivity index (χ4n) is 3.48. The van der Waals surface area contributed by atoms with Crippen LogP contribution in [0.4, 0.5) is 0 Å². The van der Waals surface area contributed by atoms with Gasteiger partial charge in [0.15, 0.2) is 0 Å². The lowest BCUT2D eigenvalue weighted by molar-refractivity contribution is -0.121. The average molecular weight is 364 g/mol. The third kappa shape index (κ3) is 4.51. The number of aromatic amines is 1. The summed E-state index contributed by atoms with van der Waals surface area (Å²) in [5.74, 6) is 1.37. The fourth-order valence-corrected chi connectivity index (χ4v) is 3.48. The Bertz CT molecular complexity index is 898. The number of para-hydroxylation sites is 2. The molecule has 1 heterocycles. The zero-order valence-electron chi connectivity index (χ0n) is 16.3. The minimum absolute atomic E-state index is 0.0665. The summed E-state index contributed by atoms with van der Waals surface area (Å²) in [6, 6.07) is 16.1. The van der Waals surface area contributed by atoms with E-state index < -0.39 is 0 Å². The Morgan fingerprint density at radius 1 is 1.07 bits per heavy atom. The zero-order valence-corrected chi connectivity index (χ0v) is 16.3. The summed E-state index contributed by atoms with van der Waals surface area (Å²) >= 11 is 0. The molecule has 0 radical (unpaired) electrons. The zero-order chi connectivity index (χ0) is 19.2. The van der Waals surface area contributed by atoms with Crippen LogP contribution in [0.5, 0.6) is 5.75 Å². The van der Waals surface area contributed by atoms with Gasteiger partial charge in [-0.25, -0.2) is 0 Å². The van der Waals surface area contributed by atoms with Crippen molar-refractivity contribution in [2.75, 3.05) is 13.7 Å². The number of nitrogens with one attached hydrogen (secondary N) is 2. The van der Waals surface area contributed by atoms with Crippen LogP contribution in [0, 0.1) is 5.92 Å². The fraction of sp³-hybridized carbons (Fsp3) is 0.348. The lowest BCUT2D eigenvalue weighted by Gasteiger charge is -2.20. The van der Waals surface area contributed by atoms with Gasteiger partial charge in [0, 0.05) is 41.5 Å². The SMILES string of the molecule is COc1ccccc1C(CC(=O)NCCC(C)C)c1c[nH]c2ccccc12. The summed E-state index contributed by atoms with van der Waals surface area (Å²) in [5.41, 5.74) is 3.23. The third-order valence-corrected chi connectivity index (χ3v) is 4.94. The second-order valence-electron chi connectivity index (χ2n) is 7.32. The van der Waals surface area contributed by atoms with Crippen LogP contribution in [0.1, 0.15) is 43.7 Å². The van der Waals surface area contributed by atoms with E-state index in [2.05, 4.69) is 36.3 Å². The lowest BCUT2D eigenvalue weighted by atomic mass is 9.87. The molecule has 0 fully saturated rings. The van der Waals surface area contributed by atoms with Crippen molar-refractivity contribution in [3.63, 3.8) is 0 Å². The lowest BCUT2D eigenvalue weighted by Crippen LogP contribution is -2.27. The number of methoxy groups -OCH3 is 1. The van der Waals surface area contributed by atoms with Crippen LogP contribution < -0.4 is 10.1 Å². The summed E-state index contributed by atoms with van der Waals surface area (Å²) in [6.45, 7) is 5.04. The van der Waals surface area contributed by atoms with Crippen molar-refractivity contribution in [3.8, 4) is 5.75 Å². The molecule has 0 aliphatic carbocycles. The van der Waals surface area contributed by atoms with Crippen LogP contribution in [0.15, 0.2) is 54.7 Å². The van der Waals surface area contributed by atoms with Gasteiger partial charge in [-0.15, -0.1) is 0 Å². The Morgan fingerprint density at radius 2 is 1.81 bits per heavy atom. The van der Waals surface area contributed by atoms with E-state index >= 15 is 0 Å². The maximum Gasteiger partial charge on any atom is 0.220 e. The van der Waals surface area contributed by atoms with E-state index in [0.29, 0.717) is 18.9 Å². The molecule has 0 saturated carbocycles. The predicted molar refractivity (Wildman–Crippen MR) is 110 cm³/mol. The molecular formula is C23H28N2O2. The quantitative estimate of drug-likeness (QED) is 0.600. The van der Waals surface area contributed by atoms with Crippen molar-refractivity contribution < 1.29 is 9.53 Å². The molecular weight excluding hydrogens is 336 g/mol. The molecule has 2 aromatic carbocycles. The standard InChI is InChI=1S/C23H28N2O2/c1-16(2)12-13-24-23(26)14-19(18-9-5-7-11-22(18)27-3)20-15-25-21-10-6-4-8-17(20)21/h4-11,15-16,19,25H,12-14H2,1-3H3,(H,24,26). The number of hydrogen-bond donors (Lipinski definition) is 2. The Balaban J connectivity index is 1.93. The number of ether oxygens (including phenoxy) is 1. The van der Waals surface area contributed by atoms with Gasteiger partial charge < -0.3 is 15.0 Å². The van der Waals surface area contributed by atoms with Crippen molar-refractivity contribution in [3.05, 3.63) is 65.9 Å². The van der Waals surface area contributed by atoms with Crippen LogP contribution in [0.25, 0.3) is 10.9 Å². The van der Waals surface area contributed by atoms with Gasteiger partial charge in [-0.1, -0.05) is 50.2 Å². The first-order valence-electron chi connectivity index (χ1n) is 9.55. The van der Waals surface area contributed by atoms with E-state index in [9.17, 15) is 4.79 Å². The summed E-state index contributed by atoms with van der Waals surface area (Å²) in [7, 11) is 1.67. The number of carbonyl (C=O) groups is 1. The van der Waals surface area contributed by atoms with Crippen molar-refractivity contribution >= 4 is 16.8 Å². The molecule has 142 valence electrons. The monoisotopic (exact) mass is 364 g/mol. The molecule has 0 aliphatic rings. The van der Waals surface area contributed by atoms with E-state index in [-0.39, 0.29) is 11.8 Å². The first-order valence-corrected chi connectivity index (χ1v) is 9.55. The Morgan fingerprint density at radius 3 is 2.59 bits per heavy atom. The third-order valence-electron chi connectivity index (χ3n) is 4.94. The smallest absolute Gasteiger partial charge is 0.220 e. The molecule has 1 unspecified atom stereocenters. The summed E-state index contributed by atoms with van der Waals surface area (Å²) in [4.78, 5) is 16.0. The number of H-pyrrole nitrogens is 1. The Labute approximate surface area is 160 Å². The van der Waals surface area contributed by atoms with Crippen LogP contribution in [-0.4, -0.2) is 24.5 Å². The highest BCUT2D eigenvalue weighted by Crippen LogP contribution is 2.37.